The first kappa shape index (κ1) is 20.1. The predicted molar refractivity (Wildman–Crippen MR) is 103 cm³/mol. The van der Waals surface area contributed by atoms with E-state index in [-0.39, 0.29) is 23.6 Å². The van der Waals surface area contributed by atoms with Gasteiger partial charge >= 0.3 is 0 Å². The van der Waals surface area contributed by atoms with Crippen molar-refractivity contribution in [2.24, 2.45) is 11.3 Å². The van der Waals surface area contributed by atoms with Crippen LogP contribution in [0, 0.1) is 11.3 Å². The van der Waals surface area contributed by atoms with Crippen molar-refractivity contribution in [2.75, 3.05) is 45.8 Å². The van der Waals surface area contributed by atoms with Crippen molar-refractivity contribution in [1.82, 2.24) is 20.0 Å². The number of carbonyl (C=O) groups excluding carboxylic acids is 3. The second-order valence-electron chi connectivity index (χ2n) is 9.28. The topological polar surface area (TPSA) is 73.0 Å². The van der Waals surface area contributed by atoms with Crippen LogP contribution < -0.4 is 5.32 Å². The Hall–Kier alpha value is -1.63. The van der Waals surface area contributed by atoms with Gasteiger partial charge in [-0.15, -0.1) is 0 Å². The van der Waals surface area contributed by atoms with E-state index in [0.717, 1.165) is 45.3 Å². The largest absolute Gasteiger partial charge is 0.352 e. The number of nitrogens with one attached hydrogen (secondary N) is 1. The van der Waals surface area contributed by atoms with Gasteiger partial charge in [0.25, 0.3) is 0 Å². The summed E-state index contributed by atoms with van der Waals surface area (Å²) in [6.07, 6.45) is 3.95. The Kier molecular flexibility index (Phi) is 6.08. The fourth-order valence-electron chi connectivity index (χ4n) is 3.93. The molecule has 2 saturated heterocycles. The lowest BCUT2D eigenvalue weighted by Crippen LogP contribution is -2.55. The van der Waals surface area contributed by atoms with Gasteiger partial charge in [0.05, 0.1) is 12.5 Å². The van der Waals surface area contributed by atoms with E-state index in [9.17, 15) is 14.4 Å². The molecule has 2 aliphatic heterocycles. The first-order valence-corrected chi connectivity index (χ1v) is 10.3. The molecule has 0 aromatic carbocycles. The average molecular weight is 379 g/mol. The van der Waals surface area contributed by atoms with Gasteiger partial charge in [0.1, 0.15) is 0 Å². The third-order valence-electron chi connectivity index (χ3n) is 5.69. The van der Waals surface area contributed by atoms with E-state index in [2.05, 4.69) is 10.2 Å². The Morgan fingerprint density at radius 1 is 0.926 bits per heavy atom. The summed E-state index contributed by atoms with van der Waals surface area (Å²) in [7, 11) is 0. The molecule has 0 bridgehead atoms. The highest BCUT2D eigenvalue weighted by Gasteiger charge is 2.35. The lowest BCUT2D eigenvalue weighted by atomic mass is 9.90. The minimum atomic E-state index is -0.405. The first-order valence-electron chi connectivity index (χ1n) is 10.3. The molecule has 152 valence electrons. The van der Waals surface area contributed by atoms with Crippen LogP contribution in [0.3, 0.4) is 0 Å². The van der Waals surface area contributed by atoms with Crippen LogP contribution in [0.2, 0.25) is 0 Å². The van der Waals surface area contributed by atoms with Crippen molar-refractivity contribution in [3.8, 4) is 0 Å². The van der Waals surface area contributed by atoms with Gasteiger partial charge in [0.15, 0.2) is 0 Å². The van der Waals surface area contributed by atoms with Crippen molar-refractivity contribution in [3.63, 3.8) is 0 Å². The van der Waals surface area contributed by atoms with E-state index in [1.165, 1.54) is 0 Å². The molecule has 3 fully saturated rings. The van der Waals surface area contributed by atoms with Gasteiger partial charge in [-0.25, -0.2) is 0 Å². The van der Waals surface area contributed by atoms with Gasteiger partial charge < -0.3 is 15.1 Å². The van der Waals surface area contributed by atoms with Crippen LogP contribution in [-0.4, -0.2) is 84.3 Å². The molecule has 3 aliphatic rings. The zero-order valence-corrected chi connectivity index (χ0v) is 17.0. The van der Waals surface area contributed by atoms with E-state index in [1.54, 1.807) is 0 Å². The molecule has 0 aromatic rings. The minimum absolute atomic E-state index is 0.0882. The van der Waals surface area contributed by atoms with E-state index in [4.69, 9.17) is 0 Å². The van der Waals surface area contributed by atoms with Crippen LogP contribution in [-0.2, 0) is 14.4 Å². The van der Waals surface area contributed by atoms with E-state index >= 15 is 0 Å². The van der Waals surface area contributed by atoms with Crippen molar-refractivity contribution in [2.45, 2.75) is 52.5 Å². The summed E-state index contributed by atoms with van der Waals surface area (Å²) < 4.78 is 0. The molecule has 0 aromatic heterocycles. The lowest BCUT2D eigenvalue weighted by molar-refractivity contribution is -0.146. The van der Waals surface area contributed by atoms with Crippen LogP contribution >= 0.6 is 0 Å². The minimum Gasteiger partial charge on any atom is -0.352 e. The van der Waals surface area contributed by atoms with Gasteiger partial charge in [-0.1, -0.05) is 20.8 Å². The number of piperidine rings is 1. The Morgan fingerprint density at radius 3 is 2.19 bits per heavy atom. The molecule has 1 unspecified atom stereocenters. The quantitative estimate of drug-likeness (QED) is 0.781. The maximum absolute atomic E-state index is 12.9. The first-order chi connectivity index (χ1) is 12.7. The smallest absolute Gasteiger partial charge is 0.234 e. The number of hydrogen-bond acceptors (Lipinski definition) is 4. The normalized spacial score (nSPS) is 24.6. The molecule has 1 aliphatic carbocycles. The maximum Gasteiger partial charge on any atom is 0.234 e. The highest BCUT2D eigenvalue weighted by molar-refractivity contribution is 5.84. The number of hydrogen-bond donors (Lipinski definition) is 1. The Bertz CT molecular complexity index is 574. The number of amides is 3. The van der Waals surface area contributed by atoms with Gasteiger partial charge in [-0.05, 0) is 25.7 Å². The van der Waals surface area contributed by atoms with Crippen molar-refractivity contribution in [3.05, 3.63) is 0 Å². The molecule has 0 radical (unpaired) electrons. The van der Waals surface area contributed by atoms with Crippen LogP contribution in [0.15, 0.2) is 0 Å². The molecule has 3 rings (SSSR count). The number of nitrogens with zero attached hydrogens (tertiary/aromatic N) is 3. The summed E-state index contributed by atoms with van der Waals surface area (Å²) in [5, 5.41) is 3.02. The van der Waals surface area contributed by atoms with Crippen molar-refractivity contribution < 1.29 is 14.4 Å². The van der Waals surface area contributed by atoms with E-state index in [0.29, 0.717) is 32.2 Å². The second-order valence-corrected chi connectivity index (χ2v) is 9.28. The molecule has 7 nitrogen and oxygen atoms in total. The molecule has 1 saturated carbocycles. The van der Waals surface area contributed by atoms with Gasteiger partial charge in [-0.3, -0.25) is 19.3 Å². The highest BCUT2D eigenvalue weighted by atomic mass is 16.2. The number of rotatable bonds is 4. The second kappa shape index (κ2) is 8.17. The van der Waals surface area contributed by atoms with Crippen LogP contribution in [0.4, 0.5) is 0 Å². The Morgan fingerprint density at radius 2 is 1.59 bits per heavy atom. The lowest BCUT2D eigenvalue weighted by Gasteiger charge is -2.40. The molecule has 3 amide bonds. The Labute approximate surface area is 162 Å². The third kappa shape index (κ3) is 5.43. The number of likely N-dealkylation sites (tertiary alicyclic amines) is 1. The molecule has 7 heteroatoms. The zero-order valence-electron chi connectivity index (χ0n) is 17.0. The maximum atomic E-state index is 12.9. The molecular formula is C20H34N4O3. The summed E-state index contributed by atoms with van der Waals surface area (Å²) in [6.45, 7) is 10.3. The standard InChI is InChI=1S/C20H34N4O3/c1-20(2,3)19(27)24-8-4-5-15(13-24)18(26)23-11-9-22(10-12-23)14-17(25)21-16-6-7-16/h15-16H,4-14H2,1-3H3,(H,21,25). The van der Waals surface area contributed by atoms with Crippen molar-refractivity contribution >= 4 is 17.7 Å². The van der Waals surface area contributed by atoms with Crippen LogP contribution in [0.1, 0.15) is 46.5 Å². The zero-order chi connectivity index (χ0) is 19.6. The van der Waals surface area contributed by atoms with Gasteiger partial charge in [0.2, 0.25) is 17.7 Å². The summed E-state index contributed by atoms with van der Waals surface area (Å²) in [5.41, 5.74) is -0.405. The molecule has 2 heterocycles. The highest BCUT2D eigenvalue weighted by Crippen LogP contribution is 2.25. The molecule has 1 N–H and O–H groups in total. The fourth-order valence-corrected chi connectivity index (χ4v) is 3.93. The van der Waals surface area contributed by atoms with Crippen LogP contribution in [0.25, 0.3) is 0 Å². The van der Waals surface area contributed by atoms with E-state index in [1.807, 2.05) is 30.6 Å². The molecule has 27 heavy (non-hydrogen) atoms. The predicted octanol–water partition coefficient (Wildman–Crippen LogP) is 0.694. The monoisotopic (exact) mass is 378 g/mol. The Balaban J connectivity index is 1.45. The third-order valence-corrected chi connectivity index (χ3v) is 5.69. The number of carbonyl (C=O) groups is 3. The fraction of sp³-hybridized carbons (Fsp3) is 0.850. The number of piperazine rings is 1. The molecule has 0 spiro atoms. The van der Waals surface area contributed by atoms with E-state index < -0.39 is 5.41 Å². The summed E-state index contributed by atoms with van der Waals surface area (Å²) in [5.74, 6) is 0.311. The summed E-state index contributed by atoms with van der Waals surface area (Å²) >= 11 is 0. The van der Waals surface area contributed by atoms with Gasteiger partial charge in [0, 0.05) is 50.7 Å². The summed E-state index contributed by atoms with van der Waals surface area (Å²) in [4.78, 5) is 43.3. The summed E-state index contributed by atoms with van der Waals surface area (Å²) in [6, 6.07) is 0.394. The average Bonchev–Trinajstić information content (AvgIpc) is 3.44. The van der Waals surface area contributed by atoms with Crippen molar-refractivity contribution in [1.29, 1.82) is 0 Å². The van der Waals surface area contributed by atoms with Gasteiger partial charge in [-0.2, -0.15) is 0 Å². The molecule has 1 atom stereocenters. The molecular weight excluding hydrogens is 344 g/mol. The SMILES string of the molecule is CC(C)(C)C(=O)N1CCCC(C(=O)N2CCN(CC(=O)NC3CC3)CC2)C1. The van der Waals surface area contributed by atoms with Crippen LogP contribution in [0.5, 0.6) is 0 Å².